The molecule has 5 heterocycles. The lowest BCUT2D eigenvalue weighted by Gasteiger charge is -2.48. The number of hydrogen-bond donors (Lipinski definition) is 0. The first-order chi connectivity index (χ1) is 13.7. The average Bonchev–Trinajstić information content (AvgIpc) is 3.20. The first kappa shape index (κ1) is 17.8. The Hall–Kier alpha value is -2.22. The lowest BCUT2D eigenvalue weighted by molar-refractivity contribution is -0.143. The molecule has 3 saturated heterocycles. The molecule has 3 aliphatic heterocycles. The Morgan fingerprint density at radius 3 is 2.79 bits per heavy atom. The third-order valence-corrected chi connectivity index (χ3v) is 6.87. The van der Waals surface area contributed by atoms with Crippen molar-refractivity contribution in [2.45, 2.75) is 38.1 Å². The minimum Gasteiger partial charge on any atom is -0.355 e. The quantitative estimate of drug-likeness (QED) is 0.778. The predicted octanol–water partition coefficient (Wildman–Crippen LogP) is 1.28. The molecular formula is C20H29N7O. The van der Waals surface area contributed by atoms with Crippen LogP contribution in [0.1, 0.15) is 32.1 Å². The summed E-state index contributed by atoms with van der Waals surface area (Å²) in [6.45, 7) is 4.96. The van der Waals surface area contributed by atoms with E-state index >= 15 is 0 Å². The van der Waals surface area contributed by atoms with E-state index in [0.717, 1.165) is 69.9 Å². The Kier molecular flexibility index (Phi) is 4.66. The summed E-state index contributed by atoms with van der Waals surface area (Å²) in [7, 11) is 2.21. The van der Waals surface area contributed by atoms with Crippen molar-refractivity contribution in [3.05, 3.63) is 18.5 Å². The standard InChI is InChI=1S/C20H29N7O/c1-24-10-8-17-16(13-24)3-2-9-26(17)20(28)15-6-11-25(12-7-15)19-5-4-18-22-21-14-27(18)23-19/h4-5,14-17H,2-3,6-13H2,1H3. The first-order valence-electron chi connectivity index (χ1n) is 10.6. The first-order valence-corrected chi connectivity index (χ1v) is 10.6. The van der Waals surface area contributed by atoms with Gasteiger partial charge in [-0.25, -0.2) is 0 Å². The molecule has 0 N–H and O–H groups in total. The van der Waals surface area contributed by atoms with Crippen LogP contribution in [0.4, 0.5) is 5.82 Å². The number of likely N-dealkylation sites (tertiary alicyclic amines) is 2. The van der Waals surface area contributed by atoms with Crippen molar-refractivity contribution in [2.24, 2.45) is 11.8 Å². The molecule has 1 amide bonds. The monoisotopic (exact) mass is 383 g/mol. The van der Waals surface area contributed by atoms with Gasteiger partial charge in [0.15, 0.2) is 5.65 Å². The minimum absolute atomic E-state index is 0.160. The predicted molar refractivity (Wildman–Crippen MR) is 106 cm³/mol. The zero-order valence-corrected chi connectivity index (χ0v) is 16.6. The Labute approximate surface area is 165 Å². The zero-order valence-electron chi connectivity index (χ0n) is 16.6. The van der Waals surface area contributed by atoms with Gasteiger partial charge in [0.05, 0.1) is 0 Å². The van der Waals surface area contributed by atoms with Crippen molar-refractivity contribution < 1.29 is 4.79 Å². The Bertz CT molecular complexity index is 844. The van der Waals surface area contributed by atoms with Crippen LogP contribution in [0.5, 0.6) is 0 Å². The molecule has 2 unspecified atom stereocenters. The molecule has 0 spiro atoms. The highest BCUT2D eigenvalue weighted by atomic mass is 16.2. The molecule has 5 rings (SSSR count). The summed E-state index contributed by atoms with van der Waals surface area (Å²) in [5.74, 6) is 2.16. The summed E-state index contributed by atoms with van der Waals surface area (Å²) in [5, 5.41) is 12.5. The highest BCUT2D eigenvalue weighted by Gasteiger charge is 2.39. The van der Waals surface area contributed by atoms with Gasteiger partial charge in [-0.15, -0.1) is 15.3 Å². The van der Waals surface area contributed by atoms with Crippen LogP contribution in [0.2, 0.25) is 0 Å². The molecule has 2 aromatic rings. The number of amides is 1. The van der Waals surface area contributed by atoms with Gasteiger partial charge in [0.1, 0.15) is 12.1 Å². The topological polar surface area (TPSA) is 69.9 Å². The number of nitrogens with zero attached hydrogens (tertiary/aromatic N) is 7. The SMILES string of the molecule is CN1CCC2C(CCCN2C(=O)C2CCN(c3ccc4nncn4n3)CC2)C1. The summed E-state index contributed by atoms with van der Waals surface area (Å²) in [5.41, 5.74) is 0.756. The van der Waals surface area contributed by atoms with Gasteiger partial charge in [-0.3, -0.25) is 4.79 Å². The van der Waals surface area contributed by atoms with E-state index in [1.54, 1.807) is 10.8 Å². The molecule has 8 heteroatoms. The van der Waals surface area contributed by atoms with E-state index in [0.29, 0.717) is 17.9 Å². The number of rotatable bonds is 2. The second-order valence-corrected chi connectivity index (χ2v) is 8.64. The lowest BCUT2D eigenvalue weighted by Crippen LogP contribution is -2.56. The zero-order chi connectivity index (χ0) is 19.1. The largest absolute Gasteiger partial charge is 0.355 e. The maximum absolute atomic E-state index is 13.3. The van der Waals surface area contributed by atoms with Crippen molar-refractivity contribution in [3.8, 4) is 0 Å². The van der Waals surface area contributed by atoms with Crippen LogP contribution in [0, 0.1) is 11.8 Å². The van der Waals surface area contributed by atoms with E-state index in [1.807, 2.05) is 12.1 Å². The summed E-state index contributed by atoms with van der Waals surface area (Å²) in [6, 6.07) is 4.41. The molecule has 28 heavy (non-hydrogen) atoms. The van der Waals surface area contributed by atoms with Gasteiger partial charge in [0.2, 0.25) is 5.91 Å². The Morgan fingerprint density at radius 2 is 1.93 bits per heavy atom. The van der Waals surface area contributed by atoms with Crippen LogP contribution in [-0.4, -0.2) is 81.3 Å². The highest BCUT2D eigenvalue weighted by molar-refractivity contribution is 5.79. The number of fused-ring (bicyclic) bond motifs is 2. The van der Waals surface area contributed by atoms with Crippen LogP contribution in [-0.2, 0) is 4.79 Å². The number of carbonyl (C=O) groups excluding carboxylic acids is 1. The van der Waals surface area contributed by atoms with Crippen molar-refractivity contribution in [1.29, 1.82) is 0 Å². The van der Waals surface area contributed by atoms with Crippen molar-refractivity contribution in [1.82, 2.24) is 29.6 Å². The minimum atomic E-state index is 0.160. The lowest BCUT2D eigenvalue weighted by atomic mass is 9.82. The van der Waals surface area contributed by atoms with Crippen LogP contribution in [0.3, 0.4) is 0 Å². The normalized spacial score (nSPS) is 27.2. The number of piperidine rings is 3. The van der Waals surface area contributed by atoms with Gasteiger partial charge in [-0.2, -0.15) is 4.52 Å². The molecule has 0 radical (unpaired) electrons. The van der Waals surface area contributed by atoms with E-state index in [4.69, 9.17) is 0 Å². The fourth-order valence-corrected chi connectivity index (χ4v) is 5.34. The number of anilines is 1. The second-order valence-electron chi connectivity index (χ2n) is 8.64. The van der Waals surface area contributed by atoms with Crippen LogP contribution in [0.15, 0.2) is 18.5 Å². The van der Waals surface area contributed by atoms with E-state index < -0.39 is 0 Å². The number of hydrogen-bond acceptors (Lipinski definition) is 6. The average molecular weight is 384 g/mol. The third kappa shape index (κ3) is 3.23. The molecule has 0 aliphatic carbocycles. The second kappa shape index (κ2) is 7.31. The number of aromatic nitrogens is 4. The molecule has 0 aromatic carbocycles. The molecule has 0 saturated carbocycles. The Morgan fingerprint density at radius 1 is 1.07 bits per heavy atom. The van der Waals surface area contributed by atoms with Gasteiger partial charge >= 0.3 is 0 Å². The fraction of sp³-hybridized carbons (Fsp3) is 0.700. The maximum Gasteiger partial charge on any atom is 0.226 e. The molecule has 0 bridgehead atoms. The molecule has 2 atom stereocenters. The van der Waals surface area contributed by atoms with Gasteiger partial charge in [-0.1, -0.05) is 0 Å². The van der Waals surface area contributed by atoms with Gasteiger partial charge < -0.3 is 14.7 Å². The third-order valence-electron chi connectivity index (χ3n) is 6.87. The molecule has 150 valence electrons. The maximum atomic E-state index is 13.3. The van der Waals surface area contributed by atoms with Crippen LogP contribution in [0.25, 0.3) is 5.65 Å². The molecule has 2 aromatic heterocycles. The smallest absolute Gasteiger partial charge is 0.226 e. The van der Waals surface area contributed by atoms with Gasteiger partial charge in [0.25, 0.3) is 0 Å². The van der Waals surface area contributed by atoms with Gasteiger partial charge in [0, 0.05) is 38.1 Å². The molecule has 3 fully saturated rings. The van der Waals surface area contributed by atoms with Crippen LogP contribution >= 0.6 is 0 Å². The van der Waals surface area contributed by atoms with Crippen molar-refractivity contribution in [3.63, 3.8) is 0 Å². The van der Waals surface area contributed by atoms with Crippen molar-refractivity contribution >= 4 is 17.4 Å². The fourth-order valence-electron chi connectivity index (χ4n) is 5.34. The summed E-state index contributed by atoms with van der Waals surface area (Å²) in [4.78, 5) is 20.3. The van der Waals surface area contributed by atoms with E-state index in [1.165, 1.54) is 6.42 Å². The van der Waals surface area contributed by atoms with E-state index in [2.05, 4.69) is 37.0 Å². The summed E-state index contributed by atoms with van der Waals surface area (Å²) < 4.78 is 1.71. The molecule has 3 aliphatic rings. The summed E-state index contributed by atoms with van der Waals surface area (Å²) >= 11 is 0. The van der Waals surface area contributed by atoms with Gasteiger partial charge in [-0.05, 0) is 63.7 Å². The van der Waals surface area contributed by atoms with E-state index in [9.17, 15) is 4.79 Å². The molecular weight excluding hydrogens is 354 g/mol. The van der Waals surface area contributed by atoms with Crippen LogP contribution < -0.4 is 4.90 Å². The summed E-state index contributed by atoms with van der Waals surface area (Å²) in [6.07, 6.45) is 7.01. The van der Waals surface area contributed by atoms with Crippen molar-refractivity contribution in [2.75, 3.05) is 44.7 Å². The highest BCUT2D eigenvalue weighted by Crippen LogP contribution is 2.33. The Balaban J connectivity index is 1.23. The van der Waals surface area contributed by atoms with E-state index in [-0.39, 0.29) is 5.92 Å². The molecule has 8 nitrogen and oxygen atoms in total. The number of carbonyl (C=O) groups is 1.